The first kappa shape index (κ1) is 13.4. The van der Waals surface area contributed by atoms with Gasteiger partial charge in [-0.15, -0.1) is 0 Å². The summed E-state index contributed by atoms with van der Waals surface area (Å²) in [5.74, 6) is -0.410. The number of carbonyl (C=O) groups is 1. The van der Waals surface area contributed by atoms with Gasteiger partial charge >= 0.3 is 0 Å². The maximum Gasteiger partial charge on any atom is 0.239 e. The first-order chi connectivity index (χ1) is 6.56. The Kier molecular flexibility index (Phi) is 6.44. The number of methoxy groups -OCH3 is 1. The van der Waals surface area contributed by atoms with Gasteiger partial charge in [0.1, 0.15) is 5.54 Å². The predicted molar refractivity (Wildman–Crippen MR) is 54.0 cm³/mol. The maximum atomic E-state index is 11.0. The molecule has 1 atom stereocenters. The number of primary amides is 1. The van der Waals surface area contributed by atoms with Gasteiger partial charge in [0.05, 0.1) is 6.61 Å². The number of rotatable bonds is 8. The maximum absolute atomic E-state index is 11.0. The van der Waals surface area contributed by atoms with Crippen molar-refractivity contribution in [3.63, 3.8) is 0 Å². The van der Waals surface area contributed by atoms with Crippen LogP contribution < -0.4 is 11.1 Å². The fourth-order valence-electron chi connectivity index (χ4n) is 0.848. The molecule has 0 saturated carbocycles. The van der Waals surface area contributed by atoms with Crippen LogP contribution in [0, 0.1) is 0 Å². The van der Waals surface area contributed by atoms with Crippen LogP contribution in [0.2, 0.25) is 0 Å². The second kappa shape index (κ2) is 6.75. The number of likely N-dealkylation sites (N-methyl/N-ethyl adjacent to an activating group) is 1. The van der Waals surface area contributed by atoms with E-state index in [1.165, 1.54) is 0 Å². The summed E-state index contributed by atoms with van der Waals surface area (Å²) in [6.45, 7) is 3.22. The van der Waals surface area contributed by atoms with Crippen LogP contribution in [-0.4, -0.2) is 45.4 Å². The summed E-state index contributed by atoms with van der Waals surface area (Å²) in [6, 6.07) is 0. The van der Waals surface area contributed by atoms with Gasteiger partial charge in [0.2, 0.25) is 5.91 Å². The molecular formula is C9H20N2O3. The van der Waals surface area contributed by atoms with Gasteiger partial charge in [-0.1, -0.05) is 0 Å². The molecule has 3 N–H and O–H groups in total. The third kappa shape index (κ3) is 4.55. The standard InChI is InChI=1S/C9H20N2O3/c1-9(11-2,8(10)12)7-14-6-4-5-13-3/h11H,4-7H2,1-3H3,(H2,10,12). The third-order valence-corrected chi connectivity index (χ3v) is 2.12. The topological polar surface area (TPSA) is 73.6 Å². The normalized spacial score (nSPS) is 15.1. The number of nitrogens with two attached hydrogens (primary N) is 1. The highest BCUT2D eigenvalue weighted by atomic mass is 16.5. The van der Waals surface area contributed by atoms with E-state index in [1.807, 2.05) is 0 Å². The molecule has 0 radical (unpaired) electrons. The minimum absolute atomic E-state index is 0.280. The Bertz CT molecular complexity index is 175. The molecule has 0 bridgehead atoms. The van der Waals surface area contributed by atoms with Gasteiger partial charge in [-0.2, -0.15) is 0 Å². The molecule has 0 aromatic rings. The summed E-state index contributed by atoms with van der Waals surface area (Å²) in [5, 5.41) is 2.84. The lowest BCUT2D eigenvalue weighted by atomic mass is 10.0. The van der Waals surface area contributed by atoms with Crippen molar-refractivity contribution in [3.8, 4) is 0 Å². The first-order valence-corrected chi connectivity index (χ1v) is 4.62. The van der Waals surface area contributed by atoms with Gasteiger partial charge in [-0.3, -0.25) is 4.79 Å². The van der Waals surface area contributed by atoms with Crippen molar-refractivity contribution in [1.82, 2.24) is 5.32 Å². The summed E-state index contributed by atoms with van der Waals surface area (Å²) in [6.07, 6.45) is 0.815. The number of amides is 1. The summed E-state index contributed by atoms with van der Waals surface area (Å²) >= 11 is 0. The number of hydrogen-bond donors (Lipinski definition) is 2. The SMILES string of the molecule is CNC(C)(COCCCOC)C(N)=O. The van der Waals surface area contributed by atoms with Crippen LogP contribution in [0.3, 0.4) is 0 Å². The molecule has 84 valence electrons. The Morgan fingerprint density at radius 3 is 2.57 bits per heavy atom. The average molecular weight is 204 g/mol. The fourth-order valence-corrected chi connectivity index (χ4v) is 0.848. The van der Waals surface area contributed by atoms with Crippen LogP contribution >= 0.6 is 0 Å². The van der Waals surface area contributed by atoms with Crippen molar-refractivity contribution in [1.29, 1.82) is 0 Å². The Morgan fingerprint density at radius 1 is 1.50 bits per heavy atom. The van der Waals surface area contributed by atoms with Crippen LogP contribution in [0.15, 0.2) is 0 Å². The van der Waals surface area contributed by atoms with Crippen LogP contribution in [0.25, 0.3) is 0 Å². The molecule has 0 aliphatic rings. The van der Waals surface area contributed by atoms with E-state index in [2.05, 4.69) is 5.32 Å². The molecule has 0 aromatic carbocycles. The molecule has 0 saturated heterocycles. The minimum Gasteiger partial charge on any atom is -0.385 e. The molecule has 0 aromatic heterocycles. The van der Waals surface area contributed by atoms with Gasteiger partial charge in [0, 0.05) is 20.3 Å². The van der Waals surface area contributed by atoms with Gasteiger partial charge < -0.3 is 20.5 Å². The molecule has 1 amide bonds. The molecule has 0 spiro atoms. The molecule has 14 heavy (non-hydrogen) atoms. The van der Waals surface area contributed by atoms with Crippen molar-refractivity contribution in [2.45, 2.75) is 18.9 Å². The highest BCUT2D eigenvalue weighted by Gasteiger charge is 2.28. The lowest BCUT2D eigenvalue weighted by Crippen LogP contribution is -2.54. The molecule has 0 rings (SSSR count). The molecule has 5 heteroatoms. The van der Waals surface area contributed by atoms with Crippen molar-refractivity contribution in [2.24, 2.45) is 5.73 Å². The molecule has 0 fully saturated rings. The number of ether oxygens (including phenoxy) is 2. The van der Waals surface area contributed by atoms with Crippen LogP contribution in [0.5, 0.6) is 0 Å². The molecular weight excluding hydrogens is 184 g/mol. The lowest BCUT2D eigenvalue weighted by molar-refractivity contribution is -0.126. The Morgan fingerprint density at radius 2 is 2.14 bits per heavy atom. The second-order valence-corrected chi connectivity index (χ2v) is 3.35. The van der Waals surface area contributed by atoms with E-state index in [4.69, 9.17) is 15.2 Å². The highest BCUT2D eigenvalue weighted by Crippen LogP contribution is 2.02. The van der Waals surface area contributed by atoms with Crippen molar-refractivity contribution in [3.05, 3.63) is 0 Å². The predicted octanol–water partition coefficient (Wildman–Crippen LogP) is -0.497. The van der Waals surface area contributed by atoms with Gasteiger partial charge in [-0.25, -0.2) is 0 Å². The Hall–Kier alpha value is -0.650. The largest absolute Gasteiger partial charge is 0.385 e. The molecule has 1 unspecified atom stereocenters. The third-order valence-electron chi connectivity index (χ3n) is 2.12. The number of nitrogens with one attached hydrogen (secondary N) is 1. The van der Waals surface area contributed by atoms with Crippen molar-refractivity contribution in [2.75, 3.05) is 34.0 Å². The number of hydrogen-bond acceptors (Lipinski definition) is 4. The van der Waals surface area contributed by atoms with Crippen molar-refractivity contribution < 1.29 is 14.3 Å². The van der Waals surface area contributed by atoms with E-state index >= 15 is 0 Å². The molecule has 0 aliphatic heterocycles. The quantitative estimate of drug-likeness (QED) is 0.523. The Balaban J connectivity index is 3.68. The van der Waals surface area contributed by atoms with Crippen LogP contribution in [0.1, 0.15) is 13.3 Å². The summed E-state index contributed by atoms with van der Waals surface area (Å²) in [5.41, 5.74) is 4.43. The van der Waals surface area contributed by atoms with Gasteiger partial charge in [-0.05, 0) is 20.4 Å². The smallest absolute Gasteiger partial charge is 0.239 e. The summed E-state index contributed by atoms with van der Waals surface area (Å²) in [4.78, 5) is 11.0. The second-order valence-electron chi connectivity index (χ2n) is 3.35. The summed E-state index contributed by atoms with van der Waals surface area (Å²) < 4.78 is 10.2. The zero-order valence-corrected chi connectivity index (χ0v) is 9.13. The summed E-state index contributed by atoms with van der Waals surface area (Å²) in [7, 11) is 3.32. The van der Waals surface area contributed by atoms with E-state index in [1.54, 1.807) is 21.1 Å². The molecule has 0 heterocycles. The van der Waals surface area contributed by atoms with Crippen molar-refractivity contribution >= 4 is 5.91 Å². The van der Waals surface area contributed by atoms with E-state index in [-0.39, 0.29) is 6.61 Å². The van der Waals surface area contributed by atoms with Crippen LogP contribution in [-0.2, 0) is 14.3 Å². The lowest BCUT2D eigenvalue weighted by Gasteiger charge is -2.24. The Labute approximate surface area is 84.9 Å². The monoisotopic (exact) mass is 204 g/mol. The minimum atomic E-state index is -0.785. The first-order valence-electron chi connectivity index (χ1n) is 4.62. The van der Waals surface area contributed by atoms with Crippen LogP contribution in [0.4, 0.5) is 0 Å². The van der Waals surface area contributed by atoms with Gasteiger partial charge in [0.25, 0.3) is 0 Å². The van der Waals surface area contributed by atoms with E-state index < -0.39 is 11.4 Å². The fraction of sp³-hybridized carbons (Fsp3) is 0.889. The molecule has 0 aliphatic carbocycles. The zero-order valence-electron chi connectivity index (χ0n) is 9.13. The zero-order chi connectivity index (χ0) is 11.0. The molecule has 5 nitrogen and oxygen atoms in total. The van der Waals surface area contributed by atoms with Gasteiger partial charge in [0.15, 0.2) is 0 Å². The van der Waals surface area contributed by atoms with E-state index in [0.29, 0.717) is 13.2 Å². The van der Waals surface area contributed by atoms with E-state index in [0.717, 1.165) is 6.42 Å². The number of carbonyl (C=O) groups excluding carboxylic acids is 1. The van der Waals surface area contributed by atoms with E-state index in [9.17, 15) is 4.79 Å². The average Bonchev–Trinajstić information content (AvgIpc) is 2.17. The highest BCUT2D eigenvalue weighted by molar-refractivity contribution is 5.84.